The minimum Gasteiger partial charge on any atom is -0.493 e. The molecule has 190 valence electrons. The zero-order chi connectivity index (χ0) is 24.8. The molecule has 0 saturated carbocycles. The van der Waals surface area contributed by atoms with Crippen LogP contribution in [0.2, 0.25) is 0 Å². The molecule has 2 aliphatic heterocycles. The smallest absolute Gasteiger partial charge is 0.256 e. The molecule has 0 aromatic heterocycles. The lowest BCUT2D eigenvalue weighted by Crippen LogP contribution is -2.44. The van der Waals surface area contributed by atoms with Crippen molar-refractivity contribution in [3.63, 3.8) is 0 Å². The van der Waals surface area contributed by atoms with E-state index in [1.54, 1.807) is 17.0 Å². The van der Waals surface area contributed by atoms with E-state index in [-0.39, 0.29) is 11.5 Å². The summed E-state index contributed by atoms with van der Waals surface area (Å²) in [5.74, 6) is 0.560. The number of hydrogen-bond donors (Lipinski definition) is 0. The number of benzene rings is 2. The minimum atomic E-state index is -1.07. The van der Waals surface area contributed by atoms with Crippen molar-refractivity contribution in [1.29, 1.82) is 0 Å². The molecular weight excluding hydrogens is 446 g/mol. The topological polar surface area (TPSA) is 32.8 Å². The highest BCUT2D eigenvalue weighted by atomic mass is 19.1. The molecule has 4 nitrogen and oxygen atoms in total. The van der Waals surface area contributed by atoms with Crippen molar-refractivity contribution < 1.29 is 18.3 Å². The second kappa shape index (κ2) is 11.5. The Bertz CT molecular complexity index is 977. The van der Waals surface area contributed by atoms with Crippen molar-refractivity contribution in [2.75, 3.05) is 39.3 Å². The Morgan fingerprint density at radius 2 is 1.60 bits per heavy atom. The SMILES string of the molecule is CCC(F)(CC)CN1CCC(COc2ccc(-c3ccc(C(=O)N4CCCC4)c(F)c3)cc2)CC1. The van der Waals surface area contributed by atoms with Crippen LogP contribution in [0.3, 0.4) is 0 Å². The summed E-state index contributed by atoms with van der Waals surface area (Å²) in [6.07, 6.45) is 5.13. The van der Waals surface area contributed by atoms with Gasteiger partial charge < -0.3 is 14.5 Å². The van der Waals surface area contributed by atoms with E-state index >= 15 is 0 Å². The van der Waals surface area contributed by atoms with Gasteiger partial charge in [-0.25, -0.2) is 8.78 Å². The van der Waals surface area contributed by atoms with Crippen LogP contribution in [0.25, 0.3) is 11.1 Å². The number of likely N-dealkylation sites (tertiary alicyclic amines) is 2. The highest BCUT2D eigenvalue weighted by Gasteiger charge is 2.30. The molecule has 35 heavy (non-hydrogen) atoms. The van der Waals surface area contributed by atoms with Crippen LogP contribution in [-0.4, -0.2) is 60.7 Å². The van der Waals surface area contributed by atoms with Crippen molar-refractivity contribution in [3.8, 4) is 16.9 Å². The summed E-state index contributed by atoms with van der Waals surface area (Å²) in [5.41, 5.74) is 0.689. The van der Waals surface area contributed by atoms with Crippen LogP contribution in [-0.2, 0) is 0 Å². The highest BCUT2D eigenvalue weighted by molar-refractivity contribution is 5.95. The Balaban J connectivity index is 1.27. The Morgan fingerprint density at radius 1 is 0.971 bits per heavy atom. The number of carbonyl (C=O) groups excluding carboxylic acids is 1. The maximum absolute atomic E-state index is 14.7. The molecule has 0 bridgehead atoms. The highest BCUT2D eigenvalue weighted by Crippen LogP contribution is 2.28. The second-order valence-electron chi connectivity index (χ2n) is 10.1. The fourth-order valence-corrected chi connectivity index (χ4v) is 5.10. The third kappa shape index (κ3) is 6.40. The van der Waals surface area contributed by atoms with Crippen molar-refractivity contribution in [2.24, 2.45) is 5.92 Å². The molecule has 0 aliphatic carbocycles. The van der Waals surface area contributed by atoms with E-state index in [0.29, 0.717) is 45.0 Å². The van der Waals surface area contributed by atoms with E-state index in [0.717, 1.165) is 55.6 Å². The maximum atomic E-state index is 14.7. The van der Waals surface area contributed by atoms with E-state index in [1.165, 1.54) is 6.07 Å². The molecule has 2 aromatic carbocycles. The van der Waals surface area contributed by atoms with Crippen LogP contribution in [0, 0.1) is 11.7 Å². The molecule has 0 N–H and O–H groups in total. The number of rotatable bonds is 9. The first-order chi connectivity index (χ1) is 16.9. The number of nitrogens with zero attached hydrogens (tertiary/aromatic N) is 2. The van der Waals surface area contributed by atoms with E-state index in [4.69, 9.17) is 4.74 Å². The van der Waals surface area contributed by atoms with Gasteiger partial charge in [0.2, 0.25) is 0 Å². The fraction of sp³-hybridized carbons (Fsp3) is 0.552. The molecule has 2 fully saturated rings. The lowest BCUT2D eigenvalue weighted by Gasteiger charge is -2.36. The van der Waals surface area contributed by atoms with Gasteiger partial charge in [-0.05, 0) is 92.9 Å². The maximum Gasteiger partial charge on any atom is 0.256 e. The quantitative estimate of drug-likeness (QED) is 0.416. The molecule has 0 unspecified atom stereocenters. The summed E-state index contributed by atoms with van der Waals surface area (Å²) < 4.78 is 35.4. The average molecular weight is 485 g/mol. The van der Waals surface area contributed by atoms with Gasteiger partial charge in [0.1, 0.15) is 17.2 Å². The monoisotopic (exact) mass is 484 g/mol. The van der Waals surface area contributed by atoms with Crippen molar-refractivity contribution in [3.05, 3.63) is 53.8 Å². The number of carbonyl (C=O) groups is 1. The van der Waals surface area contributed by atoms with Crippen LogP contribution in [0.4, 0.5) is 8.78 Å². The van der Waals surface area contributed by atoms with Gasteiger partial charge >= 0.3 is 0 Å². The molecule has 1 amide bonds. The van der Waals surface area contributed by atoms with E-state index < -0.39 is 11.5 Å². The van der Waals surface area contributed by atoms with Crippen molar-refractivity contribution in [1.82, 2.24) is 9.80 Å². The predicted molar refractivity (Wildman–Crippen MR) is 136 cm³/mol. The summed E-state index contributed by atoms with van der Waals surface area (Å²) in [6.45, 7) is 8.28. The number of hydrogen-bond acceptors (Lipinski definition) is 3. The van der Waals surface area contributed by atoms with E-state index in [9.17, 15) is 13.6 Å². The largest absolute Gasteiger partial charge is 0.493 e. The second-order valence-corrected chi connectivity index (χ2v) is 10.1. The number of ether oxygens (including phenoxy) is 1. The zero-order valence-corrected chi connectivity index (χ0v) is 21.1. The summed E-state index contributed by atoms with van der Waals surface area (Å²) in [5, 5.41) is 0. The van der Waals surface area contributed by atoms with Gasteiger partial charge in [-0.2, -0.15) is 0 Å². The standard InChI is InChI=1S/C29H38F2N2O2/c1-3-29(31,4-2)21-32-17-13-22(14-18-32)20-35-25-10-7-23(8-11-25)24-9-12-26(27(30)19-24)28(34)33-15-5-6-16-33/h7-12,19,22H,3-6,13-18,20-21H2,1-2H3. The van der Waals surface area contributed by atoms with Crippen LogP contribution in [0.5, 0.6) is 5.75 Å². The average Bonchev–Trinajstić information content (AvgIpc) is 3.43. The first-order valence-electron chi connectivity index (χ1n) is 13.1. The first kappa shape index (κ1) is 25.6. The Labute approximate surface area is 208 Å². The van der Waals surface area contributed by atoms with Gasteiger partial charge in [-0.15, -0.1) is 0 Å². The van der Waals surface area contributed by atoms with Gasteiger partial charge in [-0.3, -0.25) is 4.79 Å². The zero-order valence-electron chi connectivity index (χ0n) is 21.1. The molecule has 2 heterocycles. The van der Waals surface area contributed by atoms with Gasteiger partial charge in [0, 0.05) is 19.6 Å². The summed E-state index contributed by atoms with van der Waals surface area (Å²) in [7, 11) is 0. The van der Waals surface area contributed by atoms with Gasteiger partial charge in [0.15, 0.2) is 0 Å². The molecule has 4 rings (SSSR count). The summed E-state index contributed by atoms with van der Waals surface area (Å²) in [6, 6.07) is 12.5. The molecule has 0 radical (unpaired) electrons. The minimum absolute atomic E-state index is 0.142. The summed E-state index contributed by atoms with van der Waals surface area (Å²) in [4.78, 5) is 16.5. The number of amides is 1. The normalized spacial score (nSPS) is 17.7. The molecular formula is C29H38F2N2O2. The lowest BCUT2D eigenvalue weighted by atomic mass is 9.94. The fourth-order valence-electron chi connectivity index (χ4n) is 5.10. The number of halogens is 2. The lowest BCUT2D eigenvalue weighted by molar-refractivity contribution is 0.0568. The van der Waals surface area contributed by atoms with Crippen LogP contribution < -0.4 is 4.74 Å². The molecule has 0 spiro atoms. The van der Waals surface area contributed by atoms with Crippen molar-refractivity contribution in [2.45, 2.75) is 58.0 Å². The van der Waals surface area contributed by atoms with Gasteiger partial charge in [0.05, 0.1) is 12.2 Å². The predicted octanol–water partition coefficient (Wildman–Crippen LogP) is 6.35. The Kier molecular flexibility index (Phi) is 8.42. The molecule has 2 aliphatic rings. The third-order valence-electron chi connectivity index (χ3n) is 7.75. The Hall–Kier alpha value is -2.47. The van der Waals surface area contributed by atoms with Crippen LogP contribution in [0.1, 0.15) is 62.7 Å². The molecule has 2 aromatic rings. The van der Waals surface area contributed by atoms with E-state index in [1.807, 2.05) is 38.1 Å². The molecule has 0 atom stereocenters. The first-order valence-corrected chi connectivity index (χ1v) is 13.1. The molecule has 2 saturated heterocycles. The van der Waals surface area contributed by atoms with Gasteiger partial charge in [0.25, 0.3) is 5.91 Å². The number of piperidine rings is 1. The van der Waals surface area contributed by atoms with E-state index in [2.05, 4.69) is 4.90 Å². The summed E-state index contributed by atoms with van der Waals surface area (Å²) >= 11 is 0. The van der Waals surface area contributed by atoms with Crippen LogP contribution >= 0.6 is 0 Å². The van der Waals surface area contributed by atoms with Crippen molar-refractivity contribution >= 4 is 5.91 Å². The van der Waals surface area contributed by atoms with Gasteiger partial charge in [-0.1, -0.05) is 32.0 Å². The molecule has 6 heteroatoms. The Morgan fingerprint density at radius 3 is 2.20 bits per heavy atom. The number of alkyl halides is 1. The van der Waals surface area contributed by atoms with Crippen LogP contribution in [0.15, 0.2) is 42.5 Å². The third-order valence-corrected chi connectivity index (χ3v) is 7.75.